The van der Waals surface area contributed by atoms with Gasteiger partial charge in [0.25, 0.3) is 0 Å². The number of aryl methyl sites for hydroxylation is 2. The molecule has 0 aliphatic heterocycles. The van der Waals surface area contributed by atoms with Crippen molar-refractivity contribution in [1.82, 2.24) is 29.6 Å². The Morgan fingerprint density at radius 3 is 2.56 bits per heavy atom. The molecule has 0 aliphatic rings. The van der Waals surface area contributed by atoms with Gasteiger partial charge in [-0.1, -0.05) is 41.4 Å². The van der Waals surface area contributed by atoms with Gasteiger partial charge in [0, 0.05) is 5.02 Å². The molecule has 3 heterocycles. The minimum Gasteiger partial charge on any atom is -0.469 e. The third-order valence-electron chi connectivity index (χ3n) is 5.32. The fourth-order valence-corrected chi connectivity index (χ4v) is 3.96. The summed E-state index contributed by atoms with van der Waals surface area (Å²) < 4.78 is 8.30. The molecule has 0 amide bonds. The number of ether oxygens (including phenoxy) is 1. The molecule has 5 rings (SSSR count). The normalized spacial score (nSPS) is 11.4. The van der Waals surface area contributed by atoms with Crippen LogP contribution in [0.3, 0.4) is 0 Å². The second kappa shape index (κ2) is 7.72. The summed E-state index contributed by atoms with van der Waals surface area (Å²) >= 11 is 6.22. The molecule has 0 N–H and O–H groups in total. The molecule has 0 saturated carbocycles. The first-order chi connectivity index (χ1) is 15.5. The van der Waals surface area contributed by atoms with Crippen molar-refractivity contribution >= 4 is 34.4 Å². The number of methoxy groups -OCH3 is 1. The highest BCUT2D eigenvalue weighted by Crippen LogP contribution is 2.31. The highest BCUT2D eigenvalue weighted by atomic mass is 35.5. The standard InChI is InChI=1S/C23H19ClN6O2/c1-13-7-9-17(10-8-13)29-23-21(18(28-29)12-19(31)32-3)25-26-22-20(14(2)27-30(22)23)15-5-4-6-16(24)11-15/h4-11H,12H2,1-3H3. The van der Waals surface area contributed by atoms with E-state index < -0.39 is 5.97 Å². The molecule has 160 valence electrons. The predicted molar refractivity (Wildman–Crippen MR) is 121 cm³/mol. The number of esters is 1. The summed E-state index contributed by atoms with van der Waals surface area (Å²) in [5.74, 6) is -0.404. The Kier molecular flexibility index (Phi) is 4.86. The molecule has 0 atom stereocenters. The molecule has 0 saturated heterocycles. The fourth-order valence-electron chi connectivity index (χ4n) is 3.77. The first-order valence-electron chi connectivity index (χ1n) is 9.99. The SMILES string of the molecule is COC(=O)Cc1nn(-c2ccc(C)cc2)c2c1nnc1c(-c3cccc(Cl)c3)c(C)nn12. The second-order valence-electron chi connectivity index (χ2n) is 7.53. The van der Waals surface area contributed by atoms with Crippen LogP contribution in [0.4, 0.5) is 0 Å². The molecule has 0 spiro atoms. The van der Waals surface area contributed by atoms with Gasteiger partial charge in [0.1, 0.15) is 5.69 Å². The lowest BCUT2D eigenvalue weighted by Gasteiger charge is -2.05. The van der Waals surface area contributed by atoms with Gasteiger partial charge in [-0.05, 0) is 43.7 Å². The van der Waals surface area contributed by atoms with Gasteiger partial charge in [-0.15, -0.1) is 10.2 Å². The summed E-state index contributed by atoms with van der Waals surface area (Å²) in [4.78, 5) is 12.0. The van der Waals surface area contributed by atoms with E-state index in [0.29, 0.717) is 27.5 Å². The fraction of sp³-hybridized carbons (Fsp3) is 0.174. The lowest BCUT2D eigenvalue weighted by molar-refractivity contribution is -0.139. The Labute approximate surface area is 188 Å². The van der Waals surface area contributed by atoms with E-state index in [-0.39, 0.29) is 6.42 Å². The maximum Gasteiger partial charge on any atom is 0.311 e. The van der Waals surface area contributed by atoms with Gasteiger partial charge in [0.15, 0.2) is 16.8 Å². The van der Waals surface area contributed by atoms with E-state index in [1.54, 1.807) is 9.20 Å². The number of hydrogen-bond donors (Lipinski definition) is 0. The van der Waals surface area contributed by atoms with Crippen LogP contribution >= 0.6 is 11.6 Å². The van der Waals surface area contributed by atoms with Crippen molar-refractivity contribution in [2.75, 3.05) is 7.11 Å². The molecule has 0 bridgehead atoms. The van der Waals surface area contributed by atoms with Crippen molar-refractivity contribution in [3.05, 3.63) is 70.5 Å². The smallest absolute Gasteiger partial charge is 0.311 e. The van der Waals surface area contributed by atoms with E-state index in [0.717, 1.165) is 28.1 Å². The minimum absolute atomic E-state index is 0.0204. The Balaban J connectivity index is 1.83. The minimum atomic E-state index is -0.404. The van der Waals surface area contributed by atoms with Crippen LogP contribution in [-0.4, -0.2) is 42.7 Å². The molecule has 9 heteroatoms. The van der Waals surface area contributed by atoms with Gasteiger partial charge < -0.3 is 4.74 Å². The monoisotopic (exact) mass is 446 g/mol. The van der Waals surface area contributed by atoms with Crippen LogP contribution in [0.5, 0.6) is 0 Å². The quantitative estimate of drug-likeness (QED) is 0.386. The molecular formula is C23H19ClN6O2. The van der Waals surface area contributed by atoms with Crippen LogP contribution < -0.4 is 0 Å². The number of nitrogens with zero attached hydrogens (tertiary/aromatic N) is 6. The van der Waals surface area contributed by atoms with Gasteiger partial charge in [0.2, 0.25) is 0 Å². The van der Waals surface area contributed by atoms with Crippen LogP contribution in [0.1, 0.15) is 17.0 Å². The van der Waals surface area contributed by atoms with E-state index in [2.05, 4.69) is 15.3 Å². The summed E-state index contributed by atoms with van der Waals surface area (Å²) in [6, 6.07) is 15.5. The van der Waals surface area contributed by atoms with E-state index in [1.807, 2.05) is 62.4 Å². The van der Waals surface area contributed by atoms with Crippen molar-refractivity contribution in [2.24, 2.45) is 0 Å². The van der Waals surface area contributed by atoms with Crippen molar-refractivity contribution in [1.29, 1.82) is 0 Å². The van der Waals surface area contributed by atoms with E-state index in [4.69, 9.17) is 21.4 Å². The molecule has 0 fully saturated rings. The zero-order valence-corrected chi connectivity index (χ0v) is 18.5. The number of halogens is 1. The Morgan fingerprint density at radius 1 is 1.06 bits per heavy atom. The highest BCUT2D eigenvalue weighted by Gasteiger charge is 2.23. The van der Waals surface area contributed by atoms with Gasteiger partial charge in [-0.2, -0.15) is 14.7 Å². The number of benzene rings is 2. The average molecular weight is 447 g/mol. The first kappa shape index (κ1) is 20.1. The number of carbonyl (C=O) groups excluding carboxylic acids is 1. The summed E-state index contributed by atoms with van der Waals surface area (Å²) in [6.07, 6.45) is -0.0204. The Morgan fingerprint density at radius 2 is 1.84 bits per heavy atom. The largest absolute Gasteiger partial charge is 0.469 e. The van der Waals surface area contributed by atoms with Crippen molar-refractivity contribution < 1.29 is 9.53 Å². The molecule has 2 aromatic carbocycles. The van der Waals surface area contributed by atoms with Crippen molar-refractivity contribution in [2.45, 2.75) is 20.3 Å². The molecule has 0 unspecified atom stereocenters. The van der Waals surface area contributed by atoms with E-state index in [9.17, 15) is 4.79 Å². The summed E-state index contributed by atoms with van der Waals surface area (Å²) in [5.41, 5.74) is 6.63. The molecule has 0 radical (unpaired) electrons. The van der Waals surface area contributed by atoms with E-state index in [1.165, 1.54) is 7.11 Å². The number of rotatable bonds is 4. The van der Waals surface area contributed by atoms with Crippen LogP contribution in [0.15, 0.2) is 48.5 Å². The van der Waals surface area contributed by atoms with Crippen LogP contribution in [-0.2, 0) is 16.0 Å². The van der Waals surface area contributed by atoms with Crippen molar-refractivity contribution in [3.8, 4) is 16.8 Å². The predicted octanol–water partition coefficient (Wildman–Crippen LogP) is 4.12. The van der Waals surface area contributed by atoms with Crippen LogP contribution in [0.2, 0.25) is 5.02 Å². The molecule has 0 aliphatic carbocycles. The molecule has 8 nitrogen and oxygen atoms in total. The molecule has 32 heavy (non-hydrogen) atoms. The second-order valence-corrected chi connectivity index (χ2v) is 7.96. The summed E-state index contributed by atoms with van der Waals surface area (Å²) in [5, 5.41) is 19.0. The van der Waals surface area contributed by atoms with Crippen LogP contribution in [0.25, 0.3) is 33.6 Å². The van der Waals surface area contributed by atoms with Crippen LogP contribution in [0, 0.1) is 13.8 Å². The zero-order chi connectivity index (χ0) is 22.4. The number of carbonyl (C=O) groups is 1. The van der Waals surface area contributed by atoms with Gasteiger partial charge in [-0.25, -0.2) is 4.68 Å². The lowest BCUT2D eigenvalue weighted by Crippen LogP contribution is -2.06. The van der Waals surface area contributed by atoms with Gasteiger partial charge in [0.05, 0.1) is 30.5 Å². The van der Waals surface area contributed by atoms with Crippen molar-refractivity contribution in [3.63, 3.8) is 0 Å². The third-order valence-corrected chi connectivity index (χ3v) is 5.55. The molecular weight excluding hydrogens is 428 g/mol. The average Bonchev–Trinajstić information content (AvgIpc) is 3.31. The lowest BCUT2D eigenvalue weighted by atomic mass is 10.1. The molecule has 5 aromatic rings. The number of fused-ring (bicyclic) bond motifs is 3. The zero-order valence-electron chi connectivity index (χ0n) is 17.7. The number of hydrogen-bond acceptors (Lipinski definition) is 6. The third kappa shape index (κ3) is 3.29. The summed E-state index contributed by atoms with van der Waals surface area (Å²) in [7, 11) is 1.35. The maximum atomic E-state index is 12.0. The topological polar surface area (TPSA) is 87.2 Å². The van der Waals surface area contributed by atoms with Gasteiger partial charge in [-0.3, -0.25) is 4.79 Å². The molecule has 3 aromatic heterocycles. The maximum absolute atomic E-state index is 12.0. The Hall–Kier alpha value is -3.78. The first-order valence-corrected chi connectivity index (χ1v) is 10.4. The summed E-state index contributed by atoms with van der Waals surface area (Å²) in [6.45, 7) is 3.93. The highest BCUT2D eigenvalue weighted by molar-refractivity contribution is 6.30. The number of aromatic nitrogens is 6. The Bertz CT molecular complexity index is 1490. The van der Waals surface area contributed by atoms with E-state index >= 15 is 0 Å². The van der Waals surface area contributed by atoms with Gasteiger partial charge >= 0.3 is 5.97 Å².